The summed E-state index contributed by atoms with van der Waals surface area (Å²) < 4.78 is 14.1. The molecule has 1 fully saturated rings. The fourth-order valence-electron chi connectivity index (χ4n) is 2.97. The van der Waals surface area contributed by atoms with E-state index in [2.05, 4.69) is 10.6 Å². The molecule has 1 aliphatic rings. The highest BCUT2D eigenvalue weighted by Gasteiger charge is 2.45. The number of carbonyl (C=O) groups excluding carboxylic acids is 1. The van der Waals surface area contributed by atoms with Gasteiger partial charge in [0.05, 0.1) is 10.5 Å². The molecule has 0 spiro atoms. The summed E-state index contributed by atoms with van der Waals surface area (Å²) in [6, 6.07) is 10.8. The van der Waals surface area contributed by atoms with Crippen molar-refractivity contribution < 1.29 is 14.1 Å². The van der Waals surface area contributed by atoms with Gasteiger partial charge in [0.2, 0.25) is 0 Å². The second kappa shape index (κ2) is 6.51. The molecule has 2 N–H and O–H groups in total. The van der Waals surface area contributed by atoms with E-state index in [4.69, 9.17) is 0 Å². The van der Waals surface area contributed by atoms with Crippen LogP contribution in [0.4, 0.5) is 15.8 Å². The average molecular weight is 343 g/mol. The second-order valence-electron chi connectivity index (χ2n) is 6.18. The molecule has 130 valence electrons. The summed E-state index contributed by atoms with van der Waals surface area (Å²) in [6.07, 6.45) is 1.70. The largest absolute Gasteiger partial charge is 0.383 e. The van der Waals surface area contributed by atoms with E-state index in [-0.39, 0.29) is 22.5 Å². The Morgan fingerprint density at radius 2 is 2.00 bits per heavy atom. The van der Waals surface area contributed by atoms with Gasteiger partial charge in [0.15, 0.2) is 0 Å². The highest BCUT2D eigenvalue weighted by Crippen LogP contribution is 2.49. The molecular formula is C18H18FN3O3. The highest BCUT2D eigenvalue weighted by atomic mass is 19.1. The molecule has 2 aromatic carbocycles. The third-order valence-electron chi connectivity index (χ3n) is 4.60. The first-order valence-corrected chi connectivity index (χ1v) is 7.96. The van der Waals surface area contributed by atoms with Crippen LogP contribution in [-0.4, -0.2) is 24.4 Å². The molecule has 7 heteroatoms. The van der Waals surface area contributed by atoms with E-state index < -0.39 is 10.8 Å². The number of carbonyl (C=O) groups is 1. The molecule has 0 bridgehead atoms. The molecular weight excluding hydrogens is 325 g/mol. The lowest BCUT2D eigenvalue weighted by molar-refractivity contribution is -0.384. The zero-order chi connectivity index (χ0) is 18.0. The number of halogens is 1. The van der Waals surface area contributed by atoms with Gasteiger partial charge in [0.25, 0.3) is 11.6 Å². The van der Waals surface area contributed by atoms with Gasteiger partial charge >= 0.3 is 0 Å². The van der Waals surface area contributed by atoms with Gasteiger partial charge in [-0.3, -0.25) is 14.9 Å². The molecule has 0 unspecified atom stereocenters. The number of nitrogens with one attached hydrogen (secondary N) is 2. The molecule has 0 saturated heterocycles. The van der Waals surface area contributed by atoms with Gasteiger partial charge in [-0.2, -0.15) is 0 Å². The summed E-state index contributed by atoms with van der Waals surface area (Å²) in [7, 11) is 1.46. The molecule has 3 rings (SSSR count). The Bertz CT molecular complexity index is 834. The van der Waals surface area contributed by atoms with Crippen LogP contribution in [0.1, 0.15) is 28.8 Å². The summed E-state index contributed by atoms with van der Waals surface area (Å²) in [5, 5.41) is 16.6. The predicted octanol–water partition coefficient (Wildman–Crippen LogP) is 3.24. The number of nitrogens with zero attached hydrogens (tertiary/aromatic N) is 1. The van der Waals surface area contributed by atoms with Gasteiger partial charge in [0, 0.05) is 36.8 Å². The second-order valence-corrected chi connectivity index (χ2v) is 6.18. The first kappa shape index (κ1) is 16.9. The number of hydrogen-bond donors (Lipinski definition) is 2. The molecule has 1 aliphatic carbocycles. The molecule has 0 atom stereocenters. The third kappa shape index (κ3) is 3.31. The van der Waals surface area contributed by atoms with Crippen LogP contribution in [-0.2, 0) is 5.41 Å². The molecule has 0 heterocycles. The molecule has 2 aromatic rings. The number of rotatable bonds is 6. The van der Waals surface area contributed by atoms with E-state index in [1.54, 1.807) is 18.2 Å². The van der Waals surface area contributed by atoms with Crippen LogP contribution in [0.3, 0.4) is 0 Å². The quantitative estimate of drug-likeness (QED) is 0.623. The van der Waals surface area contributed by atoms with Gasteiger partial charge in [-0.05, 0) is 30.5 Å². The van der Waals surface area contributed by atoms with Gasteiger partial charge < -0.3 is 10.6 Å². The first-order valence-electron chi connectivity index (χ1n) is 7.96. The van der Waals surface area contributed by atoms with Crippen molar-refractivity contribution >= 4 is 17.3 Å². The van der Waals surface area contributed by atoms with Crippen molar-refractivity contribution in [2.24, 2.45) is 0 Å². The maximum absolute atomic E-state index is 14.1. The van der Waals surface area contributed by atoms with E-state index in [0.717, 1.165) is 12.8 Å². The van der Waals surface area contributed by atoms with Crippen molar-refractivity contribution in [2.45, 2.75) is 18.3 Å². The van der Waals surface area contributed by atoms with E-state index in [1.807, 2.05) is 0 Å². The Morgan fingerprint density at radius 1 is 1.28 bits per heavy atom. The van der Waals surface area contributed by atoms with Crippen molar-refractivity contribution in [1.29, 1.82) is 0 Å². The Morgan fingerprint density at radius 3 is 2.60 bits per heavy atom. The maximum atomic E-state index is 14.1. The van der Waals surface area contributed by atoms with Crippen LogP contribution in [0.15, 0.2) is 42.5 Å². The minimum Gasteiger partial charge on any atom is -0.383 e. The Labute approximate surface area is 144 Å². The average Bonchev–Trinajstić information content (AvgIpc) is 3.40. The lowest BCUT2D eigenvalue weighted by Crippen LogP contribution is -2.24. The summed E-state index contributed by atoms with van der Waals surface area (Å²) in [5.41, 5.74) is 0.895. The van der Waals surface area contributed by atoms with E-state index >= 15 is 0 Å². The lowest BCUT2D eigenvalue weighted by Gasteiger charge is -2.19. The first-order chi connectivity index (χ1) is 12.0. The van der Waals surface area contributed by atoms with Crippen molar-refractivity contribution in [1.82, 2.24) is 5.32 Å². The fourth-order valence-corrected chi connectivity index (χ4v) is 2.97. The number of hydrogen-bond acceptors (Lipinski definition) is 4. The Hall–Kier alpha value is -2.96. The van der Waals surface area contributed by atoms with Crippen LogP contribution in [0, 0.1) is 15.9 Å². The SMILES string of the molecule is CNC(=O)c1cc([N+](=O)[O-])ccc1NCC1(c2ccccc2F)CC1. The fraction of sp³-hybridized carbons (Fsp3) is 0.278. The van der Waals surface area contributed by atoms with Crippen molar-refractivity contribution in [3.8, 4) is 0 Å². The smallest absolute Gasteiger partial charge is 0.270 e. The number of nitro groups is 1. The standard InChI is InChI=1S/C18H18FN3O3/c1-20-17(23)13-10-12(22(24)25)6-7-16(13)21-11-18(8-9-18)14-4-2-3-5-15(14)19/h2-7,10,21H,8-9,11H2,1H3,(H,20,23). The Balaban J connectivity index is 1.85. The number of benzene rings is 2. The highest BCUT2D eigenvalue weighted by molar-refractivity contribution is 6.00. The minimum absolute atomic E-state index is 0.153. The van der Waals surface area contributed by atoms with E-state index in [0.29, 0.717) is 17.8 Å². The molecule has 0 radical (unpaired) electrons. The van der Waals surface area contributed by atoms with Gasteiger partial charge in [-0.25, -0.2) is 4.39 Å². The molecule has 1 amide bonds. The van der Waals surface area contributed by atoms with Gasteiger partial charge in [-0.1, -0.05) is 18.2 Å². The molecule has 0 aliphatic heterocycles. The maximum Gasteiger partial charge on any atom is 0.270 e. The predicted molar refractivity (Wildman–Crippen MR) is 92.3 cm³/mol. The van der Waals surface area contributed by atoms with Crippen molar-refractivity contribution in [3.05, 3.63) is 69.5 Å². The van der Waals surface area contributed by atoms with E-state index in [9.17, 15) is 19.3 Å². The van der Waals surface area contributed by atoms with E-state index in [1.165, 1.54) is 31.3 Å². The van der Waals surface area contributed by atoms with Crippen molar-refractivity contribution in [3.63, 3.8) is 0 Å². The number of nitro benzene ring substituents is 1. The number of anilines is 1. The topological polar surface area (TPSA) is 84.3 Å². The summed E-state index contributed by atoms with van der Waals surface area (Å²) in [6.45, 7) is 0.454. The normalized spacial score (nSPS) is 14.6. The lowest BCUT2D eigenvalue weighted by atomic mass is 9.95. The van der Waals surface area contributed by atoms with Crippen molar-refractivity contribution in [2.75, 3.05) is 18.9 Å². The van der Waals surface area contributed by atoms with Crippen LogP contribution in [0.2, 0.25) is 0 Å². The summed E-state index contributed by atoms with van der Waals surface area (Å²) >= 11 is 0. The summed E-state index contributed by atoms with van der Waals surface area (Å²) in [5.74, 6) is -0.654. The zero-order valence-corrected chi connectivity index (χ0v) is 13.7. The number of amides is 1. The summed E-state index contributed by atoms with van der Waals surface area (Å²) in [4.78, 5) is 22.4. The third-order valence-corrected chi connectivity index (χ3v) is 4.60. The minimum atomic E-state index is -0.544. The van der Waals surface area contributed by atoms with Gasteiger partial charge in [-0.15, -0.1) is 0 Å². The van der Waals surface area contributed by atoms with Crippen LogP contribution in [0.5, 0.6) is 0 Å². The molecule has 0 aromatic heterocycles. The van der Waals surface area contributed by atoms with Crippen LogP contribution >= 0.6 is 0 Å². The van der Waals surface area contributed by atoms with Crippen LogP contribution < -0.4 is 10.6 Å². The Kier molecular flexibility index (Phi) is 4.39. The van der Waals surface area contributed by atoms with Crippen LogP contribution in [0.25, 0.3) is 0 Å². The molecule has 25 heavy (non-hydrogen) atoms. The van der Waals surface area contributed by atoms with Gasteiger partial charge in [0.1, 0.15) is 5.82 Å². The molecule has 1 saturated carbocycles. The monoisotopic (exact) mass is 343 g/mol. The zero-order valence-electron chi connectivity index (χ0n) is 13.7. The molecule has 6 nitrogen and oxygen atoms in total. The number of non-ortho nitro benzene ring substituents is 1.